The maximum atomic E-state index is 10.6. The highest BCUT2D eigenvalue weighted by molar-refractivity contribution is 6.31. The summed E-state index contributed by atoms with van der Waals surface area (Å²) in [6.07, 6.45) is 2.03. The van der Waals surface area contributed by atoms with Crippen LogP contribution in [-0.4, -0.2) is 14.5 Å². The van der Waals surface area contributed by atoms with Crippen molar-refractivity contribution >= 4 is 22.9 Å². The Labute approximate surface area is 139 Å². The third-order valence-electron chi connectivity index (χ3n) is 4.72. The predicted octanol–water partition coefficient (Wildman–Crippen LogP) is 4.19. The maximum Gasteiger partial charge on any atom is 0.161 e. The van der Waals surface area contributed by atoms with Gasteiger partial charge in [0.05, 0.1) is 23.5 Å². The Kier molecular flexibility index (Phi) is 3.32. The zero-order chi connectivity index (χ0) is 16.1. The summed E-state index contributed by atoms with van der Waals surface area (Å²) in [5, 5.41) is 14.9. The smallest absolute Gasteiger partial charge is 0.161 e. The molecule has 1 aliphatic heterocycles. The van der Waals surface area contributed by atoms with Gasteiger partial charge in [0.1, 0.15) is 0 Å². The lowest BCUT2D eigenvalue weighted by Gasteiger charge is -2.31. The number of nitrogens with zero attached hydrogens (tertiary/aromatic N) is 2. The summed E-state index contributed by atoms with van der Waals surface area (Å²) in [6, 6.07) is 9.70. The third-order valence-corrected chi connectivity index (χ3v) is 5.06. The molecule has 0 bridgehead atoms. The van der Waals surface area contributed by atoms with Crippen molar-refractivity contribution < 1.29 is 5.11 Å². The number of aliphatic hydroxyl groups excluding tert-OH is 1. The second kappa shape index (κ2) is 5.25. The quantitative estimate of drug-likeness (QED) is 0.704. The number of nitrogens with one attached hydrogen (secondary N) is 1. The fourth-order valence-electron chi connectivity index (χ4n) is 3.32. The Bertz CT molecular complexity index is 903. The number of pyridine rings is 1. The molecule has 4 nitrogen and oxygen atoms in total. The van der Waals surface area contributed by atoms with E-state index in [0.717, 1.165) is 33.8 Å². The van der Waals surface area contributed by atoms with Crippen LogP contribution in [0.3, 0.4) is 0 Å². The van der Waals surface area contributed by atoms with E-state index in [0.29, 0.717) is 11.4 Å². The molecular formula is C18H18ClN3O. The molecule has 1 aromatic carbocycles. The van der Waals surface area contributed by atoms with Crippen LogP contribution in [0.2, 0.25) is 5.02 Å². The summed E-state index contributed by atoms with van der Waals surface area (Å²) in [7, 11) is 0. The number of aliphatic hydroxyl groups is 1. The highest BCUT2D eigenvalue weighted by Gasteiger charge is 2.29. The van der Waals surface area contributed by atoms with Gasteiger partial charge in [-0.1, -0.05) is 29.8 Å². The highest BCUT2D eigenvalue weighted by atomic mass is 35.5. The molecule has 0 radical (unpaired) electrons. The van der Waals surface area contributed by atoms with Crippen LogP contribution < -0.4 is 5.32 Å². The zero-order valence-electron chi connectivity index (χ0n) is 13.0. The van der Waals surface area contributed by atoms with E-state index in [-0.39, 0.29) is 6.04 Å². The number of hydrogen-bond donors (Lipinski definition) is 2. The lowest BCUT2D eigenvalue weighted by Crippen LogP contribution is -2.22. The van der Waals surface area contributed by atoms with Gasteiger partial charge >= 0.3 is 0 Å². The van der Waals surface area contributed by atoms with E-state index < -0.39 is 6.10 Å². The van der Waals surface area contributed by atoms with Crippen molar-refractivity contribution in [3.8, 4) is 0 Å². The SMILES string of the molecule is Cc1nc2c3c(ccn2c1C)C(O)CC(c1ccccc1Cl)N3. The number of aryl methyl sites for hydroxylation is 2. The minimum atomic E-state index is -0.533. The lowest BCUT2D eigenvalue weighted by atomic mass is 9.92. The first-order valence-electron chi connectivity index (χ1n) is 7.73. The molecule has 0 fully saturated rings. The molecule has 0 amide bonds. The Hall–Kier alpha value is -2.04. The second-order valence-corrected chi connectivity index (χ2v) is 6.50. The van der Waals surface area contributed by atoms with Gasteiger partial charge in [-0.3, -0.25) is 0 Å². The number of hydrogen-bond acceptors (Lipinski definition) is 3. The fraction of sp³-hybridized carbons (Fsp3) is 0.278. The van der Waals surface area contributed by atoms with Crippen molar-refractivity contribution in [2.24, 2.45) is 0 Å². The molecule has 5 heteroatoms. The third kappa shape index (κ3) is 2.21. The number of rotatable bonds is 1. The monoisotopic (exact) mass is 327 g/mol. The summed E-state index contributed by atoms with van der Waals surface area (Å²) in [6.45, 7) is 4.05. The number of anilines is 1. The molecule has 1 aliphatic rings. The van der Waals surface area contributed by atoms with E-state index in [9.17, 15) is 5.11 Å². The van der Waals surface area contributed by atoms with E-state index in [1.54, 1.807) is 0 Å². The van der Waals surface area contributed by atoms with Crippen molar-refractivity contribution in [3.05, 3.63) is 64.1 Å². The van der Waals surface area contributed by atoms with Gasteiger partial charge in [-0.25, -0.2) is 4.98 Å². The van der Waals surface area contributed by atoms with Gasteiger partial charge < -0.3 is 14.8 Å². The molecule has 0 saturated heterocycles. The number of halogens is 1. The second-order valence-electron chi connectivity index (χ2n) is 6.09. The molecule has 3 aromatic rings. The topological polar surface area (TPSA) is 49.6 Å². The molecule has 2 unspecified atom stereocenters. The van der Waals surface area contributed by atoms with Gasteiger partial charge in [0, 0.05) is 28.9 Å². The number of aromatic nitrogens is 2. The van der Waals surface area contributed by atoms with E-state index in [4.69, 9.17) is 11.6 Å². The van der Waals surface area contributed by atoms with Gasteiger partial charge in [-0.15, -0.1) is 0 Å². The van der Waals surface area contributed by atoms with Crippen LogP contribution in [0.5, 0.6) is 0 Å². The highest BCUT2D eigenvalue weighted by Crippen LogP contribution is 2.42. The Morgan fingerprint density at radius 2 is 2.00 bits per heavy atom. The standard InChI is InChI=1S/C18H18ClN3O/c1-10-11(2)22-8-7-13-16(23)9-15(21-17(13)18(22)20-10)12-5-3-4-6-14(12)19/h3-8,15-16,21,23H,9H2,1-2H3. The van der Waals surface area contributed by atoms with Gasteiger partial charge in [0.25, 0.3) is 0 Å². The van der Waals surface area contributed by atoms with Gasteiger partial charge in [-0.05, 0) is 31.5 Å². The summed E-state index contributed by atoms with van der Waals surface area (Å²) < 4.78 is 2.06. The molecule has 0 saturated carbocycles. The molecule has 118 valence electrons. The van der Waals surface area contributed by atoms with E-state index in [1.165, 1.54) is 0 Å². The predicted molar refractivity (Wildman–Crippen MR) is 92.1 cm³/mol. The molecule has 2 N–H and O–H groups in total. The molecule has 0 aliphatic carbocycles. The van der Waals surface area contributed by atoms with Crippen LogP contribution in [0.25, 0.3) is 5.65 Å². The van der Waals surface area contributed by atoms with E-state index >= 15 is 0 Å². The zero-order valence-corrected chi connectivity index (χ0v) is 13.8. The van der Waals surface area contributed by atoms with Crippen molar-refractivity contribution in [2.45, 2.75) is 32.4 Å². The summed E-state index contributed by atoms with van der Waals surface area (Å²) in [5.74, 6) is 0. The Balaban J connectivity index is 1.87. The first-order chi connectivity index (χ1) is 11.1. The summed E-state index contributed by atoms with van der Waals surface area (Å²) in [4.78, 5) is 4.67. The largest absolute Gasteiger partial charge is 0.388 e. The molecular weight excluding hydrogens is 310 g/mol. The molecule has 2 aromatic heterocycles. The maximum absolute atomic E-state index is 10.6. The Morgan fingerprint density at radius 3 is 2.78 bits per heavy atom. The fourth-order valence-corrected chi connectivity index (χ4v) is 3.59. The first-order valence-corrected chi connectivity index (χ1v) is 8.11. The molecule has 23 heavy (non-hydrogen) atoms. The minimum absolute atomic E-state index is 0.0327. The Morgan fingerprint density at radius 1 is 1.22 bits per heavy atom. The van der Waals surface area contributed by atoms with Crippen LogP contribution in [0.15, 0.2) is 36.5 Å². The van der Waals surface area contributed by atoms with Crippen molar-refractivity contribution in [2.75, 3.05) is 5.32 Å². The minimum Gasteiger partial charge on any atom is -0.388 e. The summed E-state index contributed by atoms with van der Waals surface area (Å²) >= 11 is 6.34. The lowest BCUT2D eigenvalue weighted by molar-refractivity contribution is 0.156. The number of imidazole rings is 1. The van der Waals surface area contributed by atoms with Gasteiger partial charge in [0.15, 0.2) is 5.65 Å². The molecule has 2 atom stereocenters. The molecule has 4 rings (SSSR count). The average molecular weight is 328 g/mol. The van der Waals surface area contributed by atoms with Crippen molar-refractivity contribution in [1.29, 1.82) is 0 Å². The van der Waals surface area contributed by atoms with Crippen LogP contribution >= 0.6 is 11.6 Å². The van der Waals surface area contributed by atoms with E-state index in [1.807, 2.05) is 50.4 Å². The van der Waals surface area contributed by atoms with E-state index in [2.05, 4.69) is 14.7 Å². The number of benzene rings is 1. The van der Waals surface area contributed by atoms with Gasteiger partial charge in [0.2, 0.25) is 0 Å². The summed E-state index contributed by atoms with van der Waals surface area (Å²) in [5.41, 5.74) is 5.75. The average Bonchev–Trinajstić information content (AvgIpc) is 2.83. The number of fused-ring (bicyclic) bond motifs is 3. The normalized spacial score (nSPS) is 20.3. The van der Waals surface area contributed by atoms with Crippen LogP contribution in [-0.2, 0) is 0 Å². The van der Waals surface area contributed by atoms with Crippen LogP contribution in [0.1, 0.15) is 41.1 Å². The molecule has 0 spiro atoms. The van der Waals surface area contributed by atoms with Crippen LogP contribution in [0.4, 0.5) is 5.69 Å². The molecule has 3 heterocycles. The van der Waals surface area contributed by atoms with Gasteiger partial charge in [-0.2, -0.15) is 0 Å². The van der Waals surface area contributed by atoms with Crippen molar-refractivity contribution in [3.63, 3.8) is 0 Å². The first kappa shape index (κ1) is 14.5. The van der Waals surface area contributed by atoms with Crippen LogP contribution in [0, 0.1) is 13.8 Å². The van der Waals surface area contributed by atoms with Crippen molar-refractivity contribution in [1.82, 2.24) is 9.38 Å².